The van der Waals surface area contributed by atoms with E-state index in [4.69, 9.17) is 9.47 Å². The maximum absolute atomic E-state index is 12.4. The quantitative estimate of drug-likeness (QED) is 0.0373. The highest BCUT2D eigenvalue weighted by atomic mass is 16.6. The number of unbranched alkanes of at least 4 members (excludes halogenated alkanes) is 35. The number of hydrogen-bond acceptors (Lipinski definition) is 5. The van der Waals surface area contributed by atoms with Crippen molar-refractivity contribution in [3.8, 4) is 0 Å². The van der Waals surface area contributed by atoms with Crippen LogP contribution in [0.1, 0.15) is 335 Å². The first-order valence-electron chi connectivity index (χ1n) is 35.7. The Kier molecular flexibility index (Phi) is 69.8. The number of allylic oxidation sites excluding steroid dienone is 22. The van der Waals surface area contributed by atoms with Crippen LogP contribution in [0.2, 0.25) is 0 Å². The van der Waals surface area contributed by atoms with Gasteiger partial charge in [0.05, 0.1) is 6.61 Å². The molecule has 0 radical (unpaired) electrons. The molecule has 0 bridgehead atoms. The van der Waals surface area contributed by atoms with Crippen molar-refractivity contribution in [2.45, 2.75) is 341 Å². The third-order valence-corrected chi connectivity index (χ3v) is 15.4. The van der Waals surface area contributed by atoms with E-state index < -0.39 is 6.10 Å². The second-order valence-corrected chi connectivity index (χ2v) is 23.6. The smallest absolute Gasteiger partial charge is 0.306 e. The number of hydrogen-bond donors (Lipinski definition) is 1. The first-order chi connectivity index (χ1) is 41.6. The zero-order valence-corrected chi connectivity index (χ0v) is 55.1. The maximum atomic E-state index is 12.4. The molecular formula is C79H134O5. The number of rotatable bonds is 65. The maximum Gasteiger partial charge on any atom is 0.306 e. The molecule has 0 aliphatic heterocycles. The number of carbonyl (C=O) groups excluding carboxylic acids is 2. The van der Waals surface area contributed by atoms with Crippen LogP contribution >= 0.6 is 0 Å². The standard InChI is InChI=1S/C79H134O5/c1-3-5-7-9-11-13-15-17-19-21-23-25-27-29-31-33-35-37-38-39-40-42-44-46-48-50-52-54-56-58-60-62-64-66-68-70-72-74-79(82)84-77(75-80)76-83-78(81)73-71-69-67-65-63-61-59-57-55-53-51-49-47-45-43-41-36-34-32-30-28-26-24-22-20-18-16-14-12-10-8-6-4-2/h5-8,11-14,17-20,23-26,29,31,35,37,39-40,77,80H,3-4,9-10,15-16,21-22,27-28,30,32-34,36,38,41-76H2,1-2H3/b7-5-,8-6-,13-11-,14-12-,19-17-,20-18-,25-23-,26-24-,31-29-,37-35-,40-39-. The summed E-state index contributed by atoms with van der Waals surface area (Å²) in [5, 5.41) is 9.71. The van der Waals surface area contributed by atoms with Crippen LogP contribution in [-0.4, -0.2) is 36.4 Å². The van der Waals surface area contributed by atoms with E-state index in [1.807, 2.05) is 0 Å². The molecule has 0 aromatic heterocycles. The SMILES string of the molecule is CC/C=C\C/C=C\C/C=C\C/C=C\C/C=C\C/C=C\C/C=C\CCCCCCCCCCCCCCCCCC(=O)OC(CO)COC(=O)CCCCCCCCCCCCCCCCCCCCCC/C=C\C/C=C\C/C=C\C/C=C\CC. The van der Waals surface area contributed by atoms with E-state index >= 15 is 0 Å². The highest BCUT2D eigenvalue weighted by Gasteiger charge is 2.16. The van der Waals surface area contributed by atoms with Crippen LogP contribution in [0.4, 0.5) is 0 Å². The lowest BCUT2D eigenvalue weighted by molar-refractivity contribution is -0.161. The fraction of sp³-hybridized carbons (Fsp3) is 0.696. The molecule has 0 fully saturated rings. The molecule has 0 aromatic rings. The highest BCUT2D eigenvalue weighted by molar-refractivity contribution is 5.70. The Bertz CT molecular complexity index is 1700. The second-order valence-electron chi connectivity index (χ2n) is 23.6. The lowest BCUT2D eigenvalue weighted by Gasteiger charge is -2.15. The molecule has 84 heavy (non-hydrogen) atoms. The molecule has 0 rings (SSSR count). The van der Waals surface area contributed by atoms with E-state index in [0.717, 1.165) is 109 Å². The van der Waals surface area contributed by atoms with Crippen LogP contribution in [0.15, 0.2) is 134 Å². The molecule has 0 aliphatic carbocycles. The molecule has 0 amide bonds. The Morgan fingerprint density at radius 1 is 0.274 bits per heavy atom. The minimum atomic E-state index is -0.779. The third kappa shape index (κ3) is 70.5. The molecule has 1 unspecified atom stereocenters. The topological polar surface area (TPSA) is 72.8 Å². The first kappa shape index (κ1) is 80.0. The van der Waals surface area contributed by atoms with E-state index in [1.165, 1.54) is 199 Å². The van der Waals surface area contributed by atoms with Crippen molar-refractivity contribution in [3.63, 3.8) is 0 Å². The van der Waals surface area contributed by atoms with Crippen molar-refractivity contribution < 1.29 is 24.2 Å². The van der Waals surface area contributed by atoms with Gasteiger partial charge in [0.15, 0.2) is 6.10 Å². The van der Waals surface area contributed by atoms with Gasteiger partial charge < -0.3 is 14.6 Å². The summed E-state index contributed by atoms with van der Waals surface area (Å²) >= 11 is 0. The summed E-state index contributed by atoms with van der Waals surface area (Å²) in [6.07, 6.45) is 109. The van der Waals surface area contributed by atoms with Crippen molar-refractivity contribution in [2.75, 3.05) is 13.2 Å². The van der Waals surface area contributed by atoms with E-state index in [2.05, 4.69) is 148 Å². The van der Waals surface area contributed by atoms with Crippen LogP contribution in [0.3, 0.4) is 0 Å². The summed E-state index contributed by atoms with van der Waals surface area (Å²) < 4.78 is 10.8. The van der Waals surface area contributed by atoms with Crippen molar-refractivity contribution in [1.82, 2.24) is 0 Å². The number of aliphatic hydroxyl groups excluding tert-OH is 1. The average molecular weight is 1160 g/mol. The van der Waals surface area contributed by atoms with Crippen LogP contribution < -0.4 is 0 Å². The molecule has 0 saturated carbocycles. The summed E-state index contributed by atoms with van der Waals surface area (Å²) in [6, 6.07) is 0. The van der Waals surface area contributed by atoms with Gasteiger partial charge >= 0.3 is 11.9 Å². The normalized spacial score (nSPS) is 13.0. The monoisotopic (exact) mass is 1160 g/mol. The molecule has 1 N–H and O–H groups in total. The Hall–Kier alpha value is -3.96. The van der Waals surface area contributed by atoms with Gasteiger partial charge in [-0.2, -0.15) is 0 Å². The molecule has 1 atom stereocenters. The van der Waals surface area contributed by atoms with Gasteiger partial charge in [0, 0.05) is 12.8 Å². The lowest BCUT2D eigenvalue weighted by atomic mass is 10.0. The van der Waals surface area contributed by atoms with Crippen LogP contribution in [0.5, 0.6) is 0 Å². The first-order valence-corrected chi connectivity index (χ1v) is 35.7. The summed E-state index contributed by atoms with van der Waals surface area (Å²) in [7, 11) is 0. The summed E-state index contributed by atoms with van der Waals surface area (Å²) in [4.78, 5) is 24.7. The van der Waals surface area contributed by atoms with Gasteiger partial charge in [0.1, 0.15) is 6.61 Å². The van der Waals surface area contributed by atoms with E-state index in [1.54, 1.807) is 0 Å². The average Bonchev–Trinajstić information content (AvgIpc) is 3.51. The molecule has 0 spiro atoms. The van der Waals surface area contributed by atoms with Gasteiger partial charge in [-0.25, -0.2) is 0 Å². The van der Waals surface area contributed by atoms with E-state index in [0.29, 0.717) is 12.8 Å². The van der Waals surface area contributed by atoms with Gasteiger partial charge in [-0.05, 0) is 109 Å². The van der Waals surface area contributed by atoms with Crippen molar-refractivity contribution in [2.24, 2.45) is 0 Å². The zero-order chi connectivity index (χ0) is 60.5. The van der Waals surface area contributed by atoms with Crippen molar-refractivity contribution in [1.29, 1.82) is 0 Å². The largest absolute Gasteiger partial charge is 0.462 e. The molecule has 0 heterocycles. The molecule has 480 valence electrons. The van der Waals surface area contributed by atoms with Gasteiger partial charge in [-0.15, -0.1) is 0 Å². The predicted octanol–water partition coefficient (Wildman–Crippen LogP) is 25.1. The Balaban J connectivity index is 3.46. The Morgan fingerprint density at radius 2 is 0.476 bits per heavy atom. The fourth-order valence-electron chi connectivity index (χ4n) is 10.2. The molecule has 0 aromatic carbocycles. The summed E-state index contributed by atoms with van der Waals surface area (Å²) in [5.74, 6) is -0.581. The van der Waals surface area contributed by atoms with Gasteiger partial charge in [0.25, 0.3) is 0 Å². The van der Waals surface area contributed by atoms with Gasteiger partial charge in [-0.3, -0.25) is 9.59 Å². The van der Waals surface area contributed by atoms with Crippen LogP contribution in [-0.2, 0) is 19.1 Å². The zero-order valence-electron chi connectivity index (χ0n) is 55.1. The van der Waals surface area contributed by atoms with Gasteiger partial charge in [-0.1, -0.05) is 347 Å². The minimum absolute atomic E-state index is 0.0673. The number of esters is 2. The van der Waals surface area contributed by atoms with Crippen molar-refractivity contribution >= 4 is 11.9 Å². The molecule has 5 nitrogen and oxygen atoms in total. The van der Waals surface area contributed by atoms with Gasteiger partial charge in [0.2, 0.25) is 0 Å². The predicted molar refractivity (Wildman–Crippen MR) is 371 cm³/mol. The highest BCUT2D eigenvalue weighted by Crippen LogP contribution is 2.18. The fourth-order valence-corrected chi connectivity index (χ4v) is 10.2. The number of ether oxygens (including phenoxy) is 2. The van der Waals surface area contributed by atoms with Crippen molar-refractivity contribution in [3.05, 3.63) is 134 Å². The summed E-state index contributed by atoms with van der Waals surface area (Å²) in [5.41, 5.74) is 0. The van der Waals surface area contributed by atoms with Crippen LogP contribution in [0.25, 0.3) is 0 Å². The lowest BCUT2D eigenvalue weighted by Crippen LogP contribution is -2.28. The Morgan fingerprint density at radius 3 is 0.714 bits per heavy atom. The third-order valence-electron chi connectivity index (χ3n) is 15.4. The number of carbonyl (C=O) groups is 2. The number of aliphatic hydroxyl groups is 1. The molecule has 0 aliphatic rings. The van der Waals surface area contributed by atoms with E-state index in [-0.39, 0.29) is 25.2 Å². The minimum Gasteiger partial charge on any atom is -0.462 e. The molecule has 5 heteroatoms. The van der Waals surface area contributed by atoms with Crippen LogP contribution in [0, 0.1) is 0 Å². The van der Waals surface area contributed by atoms with E-state index in [9.17, 15) is 14.7 Å². The summed E-state index contributed by atoms with van der Waals surface area (Å²) in [6.45, 7) is 3.94. The molecular weight excluding hydrogens is 1030 g/mol. The second kappa shape index (κ2) is 73.3. The molecule has 0 saturated heterocycles. The Labute approximate surface area is 521 Å².